The van der Waals surface area contributed by atoms with Gasteiger partial charge in [0, 0.05) is 32.6 Å². The van der Waals surface area contributed by atoms with Crippen molar-refractivity contribution in [1.29, 1.82) is 5.26 Å². The number of hydrogen-bond donors (Lipinski definition) is 1. The monoisotopic (exact) mass is 385 g/mol. The summed E-state index contributed by atoms with van der Waals surface area (Å²) in [6.07, 6.45) is -0.792. The maximum Gasteiger partial charge on any atom is 0.414 e. The second kappa shape index (κ2) is 7.56. The average molecular weight is 385 g/mol. The van der Waals surface area contributed by atoms with Gasteiger partial charge in [-0.05, 0) is 12.1 Å². The Morgan fingerprint density at radius 1 is 1.36 bits per heavy atom. The normalized spacial score (nSPS) is 23.9. The predicted octanol–water partition coefficient (Wildman–Crippen LogP) is 0.554. The molecule has 2 amide bonds. The third-order valence-corrected chi connectivity index (χ3v) is 5.31. The molecule has 9 nitrogen and oxygen atoms in total. The van der Waals surface area contributed by atoms with Crippen LogP contribution in [0.1, 0.15) is 6.92 Å². The summed E-state index contributed by atoms with van der Waals surface area (Å²) in [4.78, 5) is 29.3. The van der Waals surface area contributed by atoms with Crippen molar-refractivity contribution >= 4 is 23.4 Å². The molecule has 0 saturated carbocycles. The molecule has 148 valence electrons. The van der Waals surface area contributed by atoms with Gasteiger partial charge in [0.25, 0.3) is 0 Å². The highest BCUT2D eigenvalue weighted by molar-refractivity contribution is 5.90. The first-order valence-electron chi connectivity index (χ1n) is 9.40. The summed E-state index contributed by atoms with van der Waals surface area (Å²) in [5.74, 6) is 0.599. The first-order chi connectivity index (χ1) is 13.5. The van der Waals surface area contributed by atoms with Gasteiger partial charge in [0.1, 0.15) is 18.5 Å². The van der Waals surface area contributed by atoms with Crippen molar-refractivity contribution in [3.63, 3.8) is 0 Å². The molecule has 0 bridgehead atoms. The summed E-state index contributed by atoms with van der Waals surface area (Å²) in [7, 11) is 0. The van der Waals surface area contributed by atoms with Crippen molar-refractivity contribution in [2.75, 3.05) is 55.7 Å². The molecule has 1 N–H and O–H groups in total. The number of hydrogen-bond acceptors (Lipinski definition) is 7. The maximum absolute atomic E-state index is 12.2. The zero-order chi connectivity index (χ0) is 19.7. The minimum atomic E-state index is -0.422. The molecule has 2 fully saturated rings. The van der Waals surface area contributed by atoms with Crippen LogP contribution in [0, 0.1) is 11.3 Å². The minimum Gasteiger partial charge on any atom is -0.489 e. The number of fused-ring (bicyclic) bond motifs is 3. The van der Waals surface area contributed by atoms with Crippen molar-refractivity contribution in [3.05, 3.63) is 18.2 Å². The number of nitrogens with zero attached hydrogens (tertiary/aromatic N) is 4. The van der Waals surface area contributed by atoms with E-state index in [1.54, 1.807) is 4.90 Å². The first kappa shape index (κ1) is 18.4. The van der Waals surface area contributed by atoms with Crippen LogP contribution in [0.15, 0.2) is 18.2 Å². The highest BCUT2D eigenvalue weighted by atomic mass is 16.6. The molecule has 4 rings (SSSR count). The topological polar surface area (TPSA) is 98.1 Å². The molecule has 3 aliphatic heterocycles. The molecule has 3 heterocycles. The van der Waals surface area contributed by atoms with Gasteiger partial charge in [-0.1, -0.05) is 0 Å². The maximum atomic E-state index is 12.2. The summed E-state index contributed by atoms with van der Waals surface area (Å²) in [5, 5.41) is 11.6. The lowest BCUT2D eigenvalue weighted by atomic mass is 10.1. The van der Waals surface area contributed by atoms with Gasteiger partial charge in [0.2, 0.25) is 5.91 Å². The van der Waals surface area contributed by atoms with Gasteiger partial charge in [-0.2, -0.15) is 5.26 Å². The van der Waals surface area contributed by atoms with Crippen molar-refractivity contribution in [3.8, 4) is 11.8 Å². The summed E-state index contributed by atoms with van der Waals surface area (Å²) < 4.78 is 11.3. The summed E-state index contributed by atoms with van der Waals surface area (Å²) in [6.45, 7) is 5.59. The molecular weight excluding hydrogens is 362 g/mol. The van der Waals surface area contributed by atoms with Crippen LogP contribution >= 0.6 is 0 Å². The molecule has 0 aliphatic carbocycles. The van der Waals surface area contributed by atoms with E-state index in [2.05, 4.69) is 21.2 Å². The Kier molecular flexibility index (Phi) is 4.96. The fraction of sp³-hybridized carbons (Fsp3) is 0.526. The number of piperazine rings is 1. The predicted molar refractivity (Wildman–Crippen MR) is 101 cm³/mol. The first-order valence-corrected chi connectivity index (χ1v) is 9.40. The number of carbonyl (C=O) groups is 2. The van der Waals surface area contributed by atoms with Gasteiger partial charge in [-0.25, -0.2) is 4.79 Å². The Labute approximate surface area is 163 Å². The lowest BCUT2D eigenvalue weighted by molar-refractivity contribution is -0.119. The second-order valence-corrected chi connectivity index (χ2v) is 7.26. The van der Waals surface area contributed by atoms with Crippen LogP contribution in [0.5, 0.6) is 5.75 Å². The Balaban J connectivity index is 1.46. The van der Waals surface area contributed by atoms with Crippen molar-refractivity contribution in [2.45, 2.75) is 19.1 Å². The highest BCUT2D eigenvalue weighted by Crippen LogP contribution is 2.38. The smallest absolute Gasteiger partial charge is 0.414 e. The standard InChI is InChI=1S/C19H23N5O4/c1-13(25)21-9-16-11-24(19(26)28-16)14-2-3-17-18(8-14)27-12-15-10-22(5-4-20)6-7-23(15)17/h2-3,8,15-16H,5-7,9-12H2,1H3,(H,21,25)/t15?,16-/m0/s1. The molecule has 0 aromatic heterocycles. The van der Waals surface area contributed by atoms with E-state index >= 15 is 0 Å². The van der Waals surface area contributed by atoms with E-state index in [9.17, 15) is 9.59 Å². The number of nitriles is 1. The lowest BCUT2D eigenvalue weighted by Crippen LogP contribution is -2.57. The van der Waals surface area contributed by atoms with Crippen LogP contribution in [0.3, 0.4) is 0 Å². The van der Waals surface area contributed by atoms with Crippen LogP contribution < -0.4 is 19.9 Å². The van der Waals surface area contributed by atoms with E-state index in [1.165, 1.54) is 6.92 Å². The molecule has 1 aromatic carbocycles. The van der Waals surface area contributed by atoms with Crippen LogP contribution in [-0.2, 0) is 9.53 Å². The van der Waals surface area contributed by atoms with Crippen LogP contribution in [0.4, 0.5) is 16.2 Å². The zero-order valence-electron chi connectivity index (χ0n) is 15.8. The molecule has 1 aromatic rings. The third kappa shape index (κ3) is 3.55. The minimum absolute atomic E-state index is 0.152. The van der Waals surface area contributed by atoms with Crippen molar-refractivity contribution in [1.82, 2.24) is 10.2 Å². The van der Waals surface area contributed by atoms with E-state index < -0.39 is 6.09 Å². The third-order valence-electron chi connectivity index (χ3n) is 5.31. The van der Waals surface area contributed by atoms with Gasteiger partial charge >= 0.3 is 6.09 Å². The number of benzene rings is 1. The van der Waals surface area contributed by atoms with E-state index in [4.69, 9.17) is 14.7 Å². The van der Waals surface area contributed by atoms with Crippen LogP contribution in [-0.4, -0.2) is 74.9 Å². The number of rotatable bonds is 4. The molecule has 0 radical (unpaired) electrons. The second-order valence-electron chi connectivity index (χ2n) is 7.26. The van der Waals surface area contributed by atoms with Crippen molar-refractivity contribution in [2.24, 2.45) is 0 Å². The van der Waals surface area contributed by atoms with Crippen molar-refractivity contribution < 1.29 is 19.1 Å². The summed E-state index contributed by atoms with van der Waals surface area (Å²) in [5.41, 5.74) is 1.73. The molecular formula is C19H23N5O4. The molecule has 0 spiro atoms. The van der Waals surface area contributed by atoms with Gasteiger partial charge in [-0.3, -0.25) is 14.6 Å². The van der Waals surface area contributed by atoms with Gasteiger partial charge in [0.05, 0.1) is 43.1 Å². The average Bonchev–Trinajstić information content (AvgIpc) is 3.06. The quantitative estimate of drug-likeness (QED) is 0.756. The zero-order valence-corrected chi connectivity index (χ0v) is 15.8. The van der Waals surface area contributed by atoms with E-state index in [0.29, 0.717) is 26.2 Å². The number of nitrogens with one attached hydrogen (secondary N) is 1. The molecule has 2 saturated heterocycles. The summed E-state index contributed by atoms with van der Waals surface area (Å²) >= 11 is 0. The van der Waals surface area contributed by atoms with E-state index in [0.717, 1.165) is 36.8 Å². The number of ether oxygens (including phenoxy) is 2. The van der Waals surface area contributed by atoms with Gasteiger partial charge in [0.15, 0.2) is 0 Å². The van der Waals surface area contributed by atoms with Gasteiger partial charge in [-0.15, -0.1) is 0 Å². The lowest BCUT2D eigenvalue weighted by Gasteiger charge is -2.45. The van der Waals surface area contributed by atoms with Gasteiger partial charge < -0.3 is 19.7 Å². The Hall–Kier alpha value is -2.99. The number of amides is 2. The molecule has 28 heavy (non-hydrogen) atoms. The van der Waals surface area contributed by atoms with Crippen LogP contribution in [0.25, 0.3) is 0 Å². The molecule has 1 unspecified atom stereocenters. The number of cyclic esters (lactones) is 1. The largest absolute Gasteiger partial charge is 0.489 e. The summed E-state index contributed by atoms with van der Waals surface area (Å²) in [6, 6.07) is 8.17. The fourth-order valence-corrected chi connectivity index (χ4v) is 3.93. The van der Waals surface area contributed by atoms with Crippen LogP contribution in [0.2, 0.25) is 0 Å². The highest BCUT2D eigenvalue weighted by Gasteiger charge is 2.35. The fourth-order valence-electron chi connectivity index (χ4n) is 3.93. The number of carbonyl (C=O) groups excluding carboxylic acids is 2. The van der Waals surface area contributed by atoms with E-state index in [-0.39, 0.29) is 18.1 Å². The molecule has 2 atom stereocenters. The molecule has 3 aliphatic rings. The SMILES string of the molecule is CC(=O)NC[C@H]1CN(c2ccc3c(c2)OCC2CN(CC#N)CCN32)C(=O)O1. The number of anilines is 2. The Bertz CT molecular complexity index is 823. The van der Waals surface area contributed by atoms with E-state index in [1.807, 2.05) is 18.2 Å². The Morgan fingerprint density at radius 3 is 3.00 bits per heavy atom. The molecule has 9 heteroatoms. The Morgan fingerprint density at radius 2 is 2.21 bits per heavy atom.